The van der Waals surface area contributed by atoms with Crippen molar-refractivity contribution >= 4 is 15.9 Å². The molecule has 0 fully saturated rings. The molecule has 0 atom stereocenters. The van der Waals surface area contributed by atoms with Crippen molar-refractivity contribution in [2.45, 2.75) is 33.0 Å². The second-order valence-electron chi connectivity index (χ2n) is 5.06. The number of nitrogens with one attached hydrogen (secondary N) is 1. The molecular formula is C17H20BrNO. The minimum Gasteiger partial charge on any atom is -0.489 e. The molecule has 3 heteroatoms. The van der Waals surface area contributed by atoms with Crippen LogP contribution in [-0.4, -0.2) is 6.04 Å². The Morgan fingerprint density at radius 1 is 1.10 bits per heavy atom. The lowest BCUT2D eigenvalue weighted by atomic mass is 10.2. The van der Waals surface area contributed by atoms with Gasteiger partial charge in [-0.3, -0.25) is 0 Å². The number of rotatable bonds is 6. The lowest BCUT2D eigenvalue weighted by Gasteiger charge is -2.12. The Bertz CT molecular complexity index is 540. The standard InChI is InChI=1S/C17H20BrNO/c1-13(2)19-11-15-10-16(8-9-17(15)18)20-12-14-6-4-3-5-7-14/h3-10,13,19H,11-12H2,1-2H3. The van der Waals surface area contributed by atoms with Crippen LogP contribution in [-0.2, 0) is 13.2 Å². The third-order valence-corrected chi connectivity index (χ3v) is 3.74. The summed E-state index contributed by atoms with van der Waals surface area (Å²) in [6, 6.07) is 16.8. The molecule has 0 radical (unpaired) electrons. The molecule has 2 nitrogen and oxygen atoms in total. The summed E-state index contributed by atoms with van der Waals surface area (Å²) < 4.78 is 6.95. The fourth-order valence-electron chi connectivity index (χ4n) is 1.83. The molecule has 0 aliphatic rings. The van der Waals surface area contributed by atoms with E-state index in [1.165, 1.54) is 11.1 Å². The van der Waals surface area contributed by atoms with Crippen molar-refractivity contribution in [3.63, 3.8) is 0 Å². The van der Waals surface area contributed by atoms with E-state index in [0.29, 0.717) is 12.6 Å². The number of benzene rings is 2. The molecule has 2 aromatic carbocycles. The predicted octanol–water partition coefficient (Wildman–Crippen LogP) is 4.53. The van der Waals surface area contributed by atoms with E-state index in [2.05, 4.69) is 53.3 Å². The largest absolute Gasteiger partial charge is 0.489 e. The van der Waals surface area contributed by atoms with Crippen LogP contribution in [0.4, 0.5) is 0 Å². The molecule has 0 heterocycles. The first-order valence-electron chi connectivity index (χ1n) is 6.83. The van der Waals surface area contributed by atoms with Gasteiger partial charge in [-0.25, -0.2) is 0 Å². The van der Waals surface area contributed by atoms with Crippen LogP contribution < -0.4 is 10.1 Å². The Labute approximate surface area is 129 Å². The molecule has 1 N–H and O–H groups in total. The number of halogens is 1. The van der Waals surface area contributed by atoms with Gasteiger partial charge in [0.05, 0.1) is 0 Å². The normalized spacial score (nSPS) is 10.8. The van der Waals surface area contributed by atoms with Gasteiger partial charge in [-0.15, -0.1) is 0 Å². The van der Waals surface area contributed by atoms with Crippen LogP contribution in [0.15, 0.2) is 53.0 Å². The minimum absolute atomic E-state index is 0.468. The number of hydrogen-bond acceptors (Lipinski definition) is 2. The second-order valence-corrected chi connectivity index (χ2v) is 5.92. The average molecular weight is 334 g/mol. The van der Waals surface area contributed by atoms with Crippen molar-refractivity contribution in [3.05, 3.63) is 64.1 Å². The Kier molecular flexibility index (Phi) is 5.62. The number of ether oxygens (including phenoxy) is 1. The van der Waals surface area contributed by atoms with Gasteiger partial charge < -0.3 is 10.1 Å². The first-order chi connectivity index (χ1) is 9.65. The Balaban J connectivity index is 2.00. The Morgan fingerprint density at radius 2 is 1.85 bits per heavy atom. The van der Waals surface area contributed by atoms with E-state index in [9.17, 15) is 0 Å². The molecule has 0 aromatic heterocycles. The monoisotopic (exact) mass is 333 g/mol. The van der Waals surface area contributed by atoms with Crippen molar-refractivity contribution in [1.29, 1.82) is 0 Å². The summed E-state index contributed by atoms with van der Waals surface area (Å²) in [7, 11) is 0. The molecule has 2 aromatic rings. The molecule has 0 amide bonds. The molecule has 0 bridgehead atoms. The van der Waals surface area contributed by atoms with Crippen molar-refractivity contribution in [1.82, 2.24) is 5.32 Å². The predicted molar refractivity (Wildman–Crippen MR) is 86.9 cm³/mol. The summed E-state index contributed by atoms with van der Waals surface area (Å²) in [5, 5.41) is 3.42. The molecule has 20 heavy (non-hydrogen) atoms. The summed E-state index contributed by atoms with van der Waals surface area (Å²) in [5.74, 6) is 0.901. The SMILES string of the molecule is CC(C)NCc1cc(OCc2ccccc2)ccc1Br. The molecule has 0 unspecified atom stereocenters. The second kappa shape index (κ2) is 7.46. The molecule has 0 aliphatic heterocycles. The topological polar surface area (TPSA) is 21.3 Å². The summed E-state index contributed by atoms with van der Waals surface area (Å²) >= 11 is 3.58. The highest BCUT2D eigenvalue weighted by atomic mass is 79.9. The van der Waals surface area contributed by atoms with Gasteiger partial charge in [-0.1, -0.05) is 60.1 Å². The van der Waals surface area contributed by atoms with E-state index in [1.54, 1.807) is 0 Å². The van der Waals surface area contributed by atoms with E-state index < -0.39 is 0 Å². The van der Waals surface area contributed by atoms with Crippen LogP contribution >= 0.6 is 15.9 Å². The lowest BCUT2D eigenvalue weighted by Crippen LogP contribution is -2.22. The van der Waals surface area contributed by atoms with Crippen molar-refractivity contribution < 1.29 is 4.74 Å². The zero-order chi connectivity index (χ0) is 14.4. The van der Waals surface area contributed by atoms with E-state index in [1.807, 2.05) is 30.3 Å². The molecule has 2 rings (SSSR count). The summed E-state index contributed by atoms with van der Waals surface area (Å²) in [4.78, 5) is 0. The molecule has 0 aliphatic carbocycles. The smallest absolute Gasteiger partial charge is 0.120 e. The van der Waals surface area contributed by atoms with Gasteiger partial charge in [0.15, 0.2) is 0 Å². The van der Waals surface area contributed by atoms with Gasteiger partial charge in [-0.2, -0.15) is 0 Å². The average Bonchev–Trinajstić information content (AvgIpc) is 2.46. The zero-order valence-electron chi connectivity index (χ0n) is 11.9. The highest BCUT2D eigenvalue weighted by molar-refractivity contribution is 9.10. The van der Waals surface area contributed by atoms with Crippen molar-refractivity contribution in [2.75, 3.05) is 0 Å². The summed E-state index contributed by atoms with van der Waals surface area (Å²) in [6.07, 6.45) is 0. The van der Waals surface area contributed by atoms with Crippen LogP contribution in [0.5, 0.6) is 5.75 Å². The summed E-state index contributed by atoms with van der Waals surface area (Å²) in [5.41, 5.74) is 2.39. The molecule has 0 saturated carbocycles. The van der Waals surface area contributed by atoms with Gasteiger partial charge in [0.25, 0.3) is 0 Å². The molecule has 106 valence electrons. The van der Waals surface area contributed by atoms with Crippen LogP contribution in [0.2, 0.25) is 0 Å². The van der Waals surface area contributed by atoms with Gasteiger partial charge >= 0.3 is 0 Å². The van der Waals surface area contributed by atoms with E-state index in [0.717, 1.165) is 16.8 Å². The van der Waals surface area contributed by atoms with Gasteiger partial charge in [0.1, 0.15) is 12.4 Å². The molecule has 0 saturated heterocycles. The molecule has 0 spiro atoms. The van der Waals surface area contributed by atoms with Crippen LogP contribution in [0.1, 0.15) is 25.0 Å². The summed E-state index contributed by atoms with van der Waals surface area (Å²) in [6.45, 7) is 5.72. The Morgan fingerprint density at radius 3 is 2.55 bits per heavy atom. The maximum atomic E-state index is 5.85. The van der Waals surface area contributed by atoms with Crippen LogP contribution in [0.3, 0.4) is 0 Å². The highest BCUT2D eigenvalue weighted by Crippen LogP contribution is 2.23. The number of hydrogen-bond donors (Lipinski definition) is 1. The van der Waals surface area contributed by atoms with Gasteiger partial charge in [0.2, 0.25) is 0 Å². The first-order valence-corrected chi connectivity index (χ1v) is 7.63. The maximum Gasteiger partial charge on any atom is 0.120 e. The fraction of sp³-hybridized carbons (Fsp3) is 0.294. The van der Waals surface area contributed by atoms with Crippen molar-refractivity contribution in [2.24, 2.45) is 0 Å². The third kappa shape index (κ3) is 4.66. The van der Waals surface area contributed by atoms with E-state index in [4.69, 9.17) is 4.74 Å². The van der Waals surface area contributed by atoms with Crippen molar-refractivity contribution in [3.8, 4) is 5.75 Å². The van der Waals surface area contributed by atoms with Gasteiger partial charge in [-0.05, 0) is 29.3 Å². The highest BCUT2D eigenvalue weighted by Gasteiger charge is 2.04. The van der Waals surface area contributed by atoms with E-state index >= 15 is 0 Å². The minimum atomic E-state index is 0.468. The Hall–Kier alpha value is -1.32. The fourth-order valence-corrected chi connectivity index (χ4v) is 2.22. The van der Waals surface area contributed by atoms with Crippen LogP contribution in [0.25, 0.3) is 0 Å². The van der Waals surface area contributed by atoms with E-state index in [-0.39, 0.29) is 0 Å². The first kappa shape index (κ1) is 15.1. The molecular weight excluding hydrogens is 314 g/mol. The quantitative estimate of drug-likeness (QED) is 0.838. The lowest BCUT2D eigenvalue weighted by molar-refractivity contribution is 0.305. The van der Waals surface area contributed by atoms with Crippen LogP contribution in [0, 0.1) is 0 Å². The van der Waals surface area contributed by atoms with Gasteiger partial charge in [0, 0.05) is 17.1 Å². The maximum absolute atomic E-state index is 5.85. The third-order valence-electron chi connectivity index (χ3n) is 2.97. The zero-order valence-corrected chi connectivity index (χ0v) is 13.5.